The maximum Gasteiger partial charge on any atom is 0.161 e. The van der Waals surface area contributed by atoms with Crippen LogP contribution in [0.2, 0.25) is 0 Å². The van der Waals surface area contributed by atoms with Gasteiger partial charge in [-0.3, -0.25) is 0 Å². The maximum atomic E-state index is 13.5. The Hall–Kier alpha value is -1.07. The predicted octanol–water partition coefficient (Wildman–Crippen LogP) is 2.14. The Bertz CT molecular complexity index is 397. The lowest BCUT2D eigenvalue weighted by atomic mass is 9.95. The second-order valence-corrected chi connectivity index (χ2v) is 3.86. The van der Waals surface area contributed by atoms with Crippen LogP contribution in [0.4, 0.5) is 13.2 Å². The van der Waals surface area contributed by atoms with Crippen LogP contribution in [0.3, 0.4) is 0 Å². The summed E-state index contributed by atoms with van der Waals surface area (Å²) in [6.45, 7) is 0.800. The van der Waals surface area contributed by atoms with Crippen LogP contribution in [0.1, 0.15) is 18.1 Å². The topological polar surface area (TPSA) is 35.2 Å². The molecular formula is C11H12F3NO. The van der Waals surface area contributed by atoms with Gasteiger partial charge in [0.15, 0.2) is 11.6 Å². The number of hydrogen-bond donors (Lipinski definition) is 1. The molecule has 5 heteroatoms. The van der Waals surface area contributed by atoms with Crippen molar-refractivity contribution in [2.75, 3.05) is 13.2 Å². The van der Waals surface area contributed by atoms with Gasteiger partial charge >= 0.3 is 0 Å². The van der Waals surface area contributed by atoms with Gasteiger partial charge in [-0.05, 0) is 19.0 Å². The molecule has 1 heterocycles. The molecule has 16 heavy (non-hydrogen) atoms. The van der Waals surface area contributed by atoms with Crippen LogP contribution in [0.5, 0.6) is 0 Å². The van der Waals surface area contributed by atoms with Gasteiger partial charge in [0.25, 0.3) is 0 Å². The average molecular weight is 231 g/mol. The summed E-state index contributed by atoms with van der Waals surface area (Å²) in [5.74, 6) is -3.09. The van der Waals surface area contributed by atoms with Gasteiger partial charge in [-0.1, -0.05) is 0 Å². The van der Waals surface area contributed by atoms with E-state index in [4.69, 9.17) is 10.5 Å². The van der Waals surface area contributed by atoms with Gasteiger partial charge in [-0.2, -0.15) is 0 Å². The molecule has 1 fully saturated rings. The molecular weight excluding hydrogens is 219 g/mol. The molecule has 2 nitrogen and oxygen atoms in total. The Morgan fingerprint density at radius 1 is 1.19 bits per heavy atom. The zero-order valence-corrected chi connectivity index (χ0v) is 8.55. The summed E-state index contributed by atoms with van der Waals surface area (Å²) in [7, 11) is 0. The minimum atomic E-state index is -1.19. The van der Waals surface area contributed by atoms with Gasteiger partial charge in [0, 0.05) is 24.2 Å². The van der Waals surface area contributed by atoms with E-state index in [1.807, 2.05) is 0 Å². The van der Waals surface area contributed by atoms with Crippen molar-refractivity contribution in [3.8, 4) is 0 Å². The van der Waals surface area contributed by atoms with Crippen molar-refractivity contribution in [3.63, 3.8) is 0 Å². The third-order valence-electron chi connectivity index (χ3n) is 2.86. The molecule has 0 saturated carbocycles. The van der Waals surface area contributed by atoms with Crippen molar-refractivity contribution >= 4 is 0 Å². The quantitative estimate of drug-likeness (QED) is 0.791. The van der Waals surface area contributed by atoms with Gasteiger partial charge < -0.3 is 10.5 Å². The van der Waals surface area contributed by atoms with Crippen LogP contribution in [0.15, 0.2) is 12.1 Å². The zero-order chi connectivity index (χ0) is 11.7. The van der Waals surface area contributed by atoms with E-state index in [1.165, 1.54) is 0 Å². The second kappa shape index (κ2) is 4.43. The molecule has 2 N–H and O–H groups in total. The highest BCUT2D eigenvalue weighted by atomic mass is 19.2. The van der Waals surface area contributed by atoms with Crippen LogP contribution in [-0.2, 0) is 4.74 Å². The third-order valence-corrected chi connectivity index (χ3v) is 2.86. The van der Waals surface area contributed by atoms with E-state index in [2.05, 4.69) is 0 Å². The summed E-state index contributed by atoms with van der Waals surface area (Å²) in [6, 6.07) is 1.39. The minimum absolute atomic E-state index is 0.0423. The Morgan fingerprint density at radius 2 is 1.88 bits per heavy atom. The zero-order valence-electron chi connectivity index (χ0n) is 8.55. The van der Waals surface area contributed by atoms with E-state index >= 15 is 0 Å². The Morgan fingerprint density at radius 3 is 2.56 bits per heavy atom. The molecule has 0 aliphatic carbocycles. The summed E-state index contributed by atoms with van der Waals surface area (Å²) >= 11 is 0. The maximum absolute atomic E-state index is 13.5. The smallest absolute Gasteiger partial charge is 0.161 e. The summed E-state index contributed by atoms with van der Waals surface area (Å²) in [4.78, 5) is 0. The largest absolute Gasteiger partial charge is 0.373 e. The fourth-order valence-corrected chi connectivity index (χ4v) is 1.97. The number of hydrogen-bond acceptors (Lipinski definition) is 2. The number of benzene rings is 1. The molecule has 2 unspecified atom stereocenters. The number of halogens is 3. The van der Waals surface area contributed by atoms with Gasteiger partial charge in [0.05, 0.1) is 6.10 Å². The van der Waals surface area contributed by atoms with E-state index in [9.17, 15) is 13.2 Å². The van der Waals surface area contributed by atoms with E-state index in [-0.39, 0.29) is 11.5 Å². The third kappa shape index (κ3) is 1.92. The molecule has 88 valence electrons. The van der Waals surface area contributed by atoms with Crippen molar-refractivity contribution in [1.82, 2.24) is 0 Å². The van der Waals surface area contributed by atoms with E-state index in [1.54, 1.807) is 0 Å². The molecule has 1 aliphatic heterocycles. The summed E-state index contributed by atoms with van der Waals surface area (Å²) in [5, 5.41) is 0. The van der Waals surface area contributed by atoms with E-state index in [0.29, 0.717) is 25.6 Å². The first kappa shape index (κ1) is 11.4. The second-order valence-electron chi connectivity index (χ2n) is 3.86. The standard InChI is InChI=1S/C11H12F3NO/c12-8-4-10(14)9(13)3-7(8)11-6(5-15)1-2-16-11/h3-4,6,11H,1-2,5,15H2. The molecule has 2 atom stereocenters. The van der Waals surface area contributed by atoms with Crippen LogP contribution in [0.25, 0.3) is 0 Å². The van der Waals surface area contributed by atoms with E-state index < -0.39 is 23.6 Å². The molecule has 1 aromatic rings. The Balaban J connectivity index is 2.36. The lowest BCUT2D eigenvalue weighted by molar-refractivity contribution is 0.0889. The average Bonchev–Trinajstić information content (AvgIpc) is 2.71. The summed E-state index contributed by atoms with van der Waals surface area (Å²) in [6.07, 6.45) is 0.139. The Labute approximate surface area is 91.2 Å². The van der Waals surface area contributed by atoms with Crippen molar-refractivity contribution < 1.29 is 17.9 Å². The fourth-order valence-electron chi connectivity index (χ4n) is 1.97. The van der Waals surface area contributed by atoms with Crippen LogP contribution in [0, 0.1) is 23.4 Å². The van der Waals surface area contributed by atoms with Crippen LogP contribution >= 0.6 is 0 Å². The lowest BCUT2D eigenvalue weighted by Crippen LogP contribution is -2.19. The highest BCUT2D eigenvalue weighted by Gasteiger charge is 2.31. The van der Waals surface area contributed by atoms with Gasteiger partial charge in [-0.25, -0.2) is 13.2 Å². The highest BCUT2D eigenvalue weighted by molar-refractivity contribution is 5.23. The molecule has 1 aliphatic rings. The fraction of sp³-hybridized carbons (Fsp3) is 0.455. The van der Waals surface area contributed by atoms with E-state index in [0.717, 1.165) is 6.07 Å². The molecule has 2 rings (SSSR count). The molecule has 0 radical (unpaired) electrons. The van der Waals surface area contributed by atoms with Crippen molar-refractivity contribution in [1.29, 1.82) is 0 Å². The molecule has 0 amide bonds. The molecule has 1 saturated heterocycles. The van der Waals surface area contributed by atoms with Crippen LogP contribution in [-0.4, -0.2) is 13.2 Å². The highest BCUT2D eigenvalue weighted by Crippen LogP contribution is 2.35. The van der Waals surface area contributed by atoms with Gasteiger partial charge in [-0.15, -0.1) is 0 Å². The van der Waals surface area contributed by atoms with Gasteiger partial charge in [0.1, 0.15) is 5.82 Å². The minimum Gasteiger partial charge on any atom is -0.373 e. The molecule has 0 aromatic heterocycles. The molecule has 1 aromatic carbocycles. The number of ether oxygens (including phenoxy) is 1. The summed E-state index contributed by atoms with van der Waals surface area (Å²) in [5.41, 5.74) is 5.56. The lowest BCUT2D eigenvalue weighted by Gasteiger charge is -2.17. The SMILES string of the molecule is NCC1CCOC1c1cc(F)c(F)cc1F. The first-order valence-corrected chi connectivity index (χ1v) is 5.09. The predicted molar refractivity (Wildman–Crippen MR) is 52.2 cm³/mol. The van der Waals surface area contributed by atoms with Crippen molar-refractivity contribution in [3.05, 3.63) is 35.1 Å². The normalized spacial score (nSPS) is 25.0. The molecule has 0 spiro atoms. The first-order valence-electron chi connectivity index (χ1n) is 5.09. The Kier molecular flexibility index (Phi) is 3.16. The van der Waals surface area contributed by atoms with Crippen molar-refractivity contribution in [2.24, 2.45) is 11.7 Å². The van der Waals surface area contributed by atoms with Crippen molar-refractivity contribution in [2.45, 2.75) is 12.5 Å². The number of nitrogens with two attached hydrogens (primary N) is 1. The molecule has 0 bridgehead atoms. The first-order chi connectivity index (χ1) is 7.63. The van der Waals surface area contributed by atoms with Crippen LogP contribution < -0.4 is 5.73 Å². The monoisotopic (exact) mass is 231 g/mol. The van der Waals surface area contributed by atoms with Gasteiger partial charge in [0.2, 0.25) is 0 Å². The summed E-state index contributed by atoms with van der Waals surface area (Å²) < 4.78 is 44.5. The number of rotatable bonds is 2.